The van der Waals surface area contributed by atoms with Crippen LogP contribution in [0.5, 0.6) is 23.0 Å². The third-order valence-electron chi connectivity index (χ3n) is 10.1. The van der Waals surface area contributed by atoms with Crippen molar-refractivity contribution >= 4 is 58.4 Å². The minimum Gasteiger partial charge on any atom is -0.493 e. The van der Waals surface area contributed by atoms with E-state index in [0.717, 1.165) is 33.6 Å². The van der Waals surface area contributed by atoms with Gasteiger partial charge in [-0.15, -0.1) is 0 Å². The zero-order chi connectivity index (χ0) is 43.5. The summed E-state index contributed by atoms with van der Waals surface area (Å²) in [5, 5.41) is 6.69. The van der Waals surface area contributed by atoms with Gasteiger partial charge >= 0.3 is 11.9 Å². The van der Waals surface area contributed by atoms with Crippen molar-refractivity contribution in [3.63, 3.8) is 0 Å². The first-order chi connectivity index (χ1) is 29.4. The Kier molecular flexibility index (Phi) is 13.9. The Morgan fingerprint density at radius 3 is 1.28 bits per heavy atom. The predicted molar refractivity (Wildman–Crippen MR) is 240 cm³/mol. The number of hydrogen-bond acceptors (Lipinski definition) is 10. The van der Waals surface area contributed by atoms with Crippen molar-refractivity contribution in [3.8, 4) is 23.0 Å². The Morgan fingerprint density at radius 1 is 0.475 bits per heavy atom. The average molecular weight is 815 g/mol. The van der Waals surface area contributed by atoms with E-state index in [1.54, 1.807) is 72.8 Å². The van der Waals surface area contributed by atoms with E-state index >= 15 is 0 Å². The van der Waals surface area contributed by atoms with Gasteiger partial charge in [0.1, 0.15) is 0 Å². The highest BCUT2D eigenvalue weighted by Gasteiger charge is 2.19. The molecule has 0 unspecified atom stereocenters. The molecule has 6 aromatic carbocycles. The van der Waals surface area contributed by atoms with Crippen LogP contribution < -0.4 is 29.6 Å². The molecule has 61 heavy (non-hydrogen) atoms. The maximum atomic E-state index is 13.4. The fraction of sp³-hybridized carbons (Fsp3) is 0.137. The van der Waals surface area contributed by atoms with Crippen LogP contribution in [-0.2, 0) is 9.59 Å². The molecule has 0 heterocycles. The van der Waals surface area contributed by atoms with Gasteiger partial charge in [-0.2, -0.15) is 0 Å². The van der Waals surface area contributed by atoms with E-state index in [1.807, 2.05) is 88.4 Å². The van der Waals surface area contributed by atoms with Gasteiger partial charge in [-0.05, 0) is 134 Å². The van der Waals surface area contributed by atoms with E-state index in [1.165, 1.54) is 26.4 Å². The van der Waals surface area contributed by atoms with Crippen molar-refractivity contribution in [1.29, 1.82) is 0 Å². The topological polar surface area (TPSA) is 129 Å². The lowest BCUT2D eigenvalue weighted by Gasteiger charge is -2.15. The van der Waals surface area contributed by atoms with Crippen LogP contribution in [0.3, 0.4) is 0 Å². The van der Waals surface area contributed by atoms with Gasteiger partial charge in [-0.3, -0.25) is 9.59 Å². The first kappa shape index (κ1) is 42.9. The molecule has 0 radical (unpaired) electrons. The maximum Gasteiger partial charge on any atom is 0.345 e. The molecule has 0 bridgehead atoms. The molecule has 0 aliphatic heterocycles. The molecule has 0 spiro atoms. The molecule has 10 nitrogen and oxygen atoms in total. The molecule has 0 atom stereocenters. The maximum absolute atomic E-state index is 13.4. The number of hydrogen-bond donors (Lipinski definition) is 2. The molecule has 0 aliphatic rings. The lowest BCUT2D eigenvalue weighted by atomic mass is 10.1. The fourth-order valence-corrected chi connectivity index (χ4v) is 6.33. The van der Waals surface area contributed by atoms with Crippen molar-refractivity contribution in [2.75, 3.05) is 24.9 Å². The number of benzene rings is 6. The van der Waals surface area contributed by atoms with Crippen molar-refractivity contribution < 1.29 is 38.1 Å². The van der Waals surface area contributed by atoms with Crippen LogP contribution in [0.25, 0.3) is 12.2 Å². The molecule has 0 saturated carbocycles. The minimum atomic E-state index is -0.575. The Bertz CT molecular complexity index is 2500. The van der Waals surface area contributed by atoms with E-state index in [-0.39, 0.29) is 29.4 Å². The van der Waals surface area contributed by atoms with Gasteiger partial charge in [0, 0.05) is 11.4 Å². The molecular weight excluding hydrogens is 769 g/mol. The summed E-state index contributed by atoms with van der Waals surface area (Å²) in [6.07, 6.45) is 5.37. The molecule has 308 valence electrons. The van der Waals surface area contributed by atoms with Crippen molar-refractivity contribution in [2.24, 2.45) is 0 Å². The first-order valence-electron chi connectivity index (χ1n) is 19.5. The molecule has 0 aromatic heterocycles. The number of anilines is 4. The predicted octanol–water partition coefficient (Wildman–Crippen LogP) is 11.1. The average Bonchev–Trinajstić information content (AvgIpc) is 3.26. The number of nitrogens with one attached hydrogen (secondary N) is 2. The van der Waals surface area contributed by atoms with Gasteiger partial charge in [0.25, 0.3) is 0 Å². The summed E-state index contributed by atoms with van der Waals surface area (Å²) < 4.78 is 22.5. The monoisotopic (exact) mass is 814 g/mol. The second-order valence-corrected chi connectivity index (χ2v) is 14.2. The number of allylic oxidation sites excluding steroid dienone is 2. The normalized spacial score (nSPS) is 11.0. The number of aryl methyl sites for hydroxylation is 2. The smallest absolute Gasteiger partial charge is 0.345 e. The summed E-state index contributed by atoms with van der Waals surface area (Å²) in [5.41, 5.74) is 9.22. The molecule has 0 fully saturated rings. The minimum absolute atomic E-state index is 0.201. The lowest BCUT2D eigenvalue weighted by Crippen LogP contribution is -2.12. The molecule has 10 heteroatoms. The van der Waals surface area contributed by atoms with Gasteiger partial charge in [-0.1, -0.05) is 72.8 Å². The fourth-order valence-electron chi connectivity index (χ4n) is 6.33. The lowest BCUT2D eigenvalue weighted by molar-refractivity contribution is -0.121. The number of esters is 2. The highest BCUT2D eigenvalue weighted by Crippen LogP contribution is 2.33. The Morgan fingerprint density at radius 2 is 0.869 bits per heavy atom. The number of carbonyl (C=O) groups is 4. The molecule has 6 rings (SSSR count). The largest absolute Gasteiger partial charge is 0.493 e. The van der Waals surface area contributed by atoms with E-state index < -0.39 is 23.5 Å². The van der Waals surface area contributed by atoms with E-state index in [2.05, 4.69) is 10.6 Å². The number of carbonyl (C=O) groups excluding carboxylic acids is 4. The van der Waals surface area contributed by atoms with E-state index in [4.69, 9.17) is 18.9 Å². The third-order valence-corrected chi connectivity index (χ3v) is 10.1. The van der Waals surface area contributed by atoms with Crippen LogP contribution in [0.1, 0.15) is 60.5 Å². The number of methoxy groups -OCH3 is 2. The Balaban J connectivity index is 1.05. The molecule has 0 saturated heterocycles. The van der Waals surface area contributed by atoms with Gasteiger partial charge in [0.2, 0.25) is 0 Å². The Hall–Kier alpha value is -7.72. The van der Waals surface area contributed by atoms with Crippen molar-refractivity contribution in [1.82, 2.24) is 0 Å². The van der Waals surface area contributed by atoms with Crippen LogP contribution >= 0.6 is 0 Å². The van der Waals surface area contributed by atoms with Crippen LogP contribution in [0.15, 0.2) is 133 Å². The zero-order valence-corrected chi connectivity index (χ0v) is 34.8. The summed E-state index contributed by atoms with van der Waals surface area (Å²) in [4.78, 5) is 52.3. The molecular formula is C51H46N2O8. The van der Waals surface area contributed by atoms with E-state index in [0.29, 0.717) is 33.6 Å². The second kappa shape index (κ2) is 19.8. The first-order valence-corrected chi connectivity index (χ1v) is 19.5. The van der Waals surface area contributed by atoms with Gasteiger partial charge in [0.05, 0.1) is 43.1 Å². The van der Waals surface area contributed by atoms with Crippen LogP contribution in [0, 0.1) is 27.7 Å². The summed E-state index contributed by atoms with van der Waals surface area (Å²) in [6, 6.07) is 35.8. The second-order valence-electron chi connectivity index (χ2n) is 14.2. The summed E-state index contributed by atoms with van der Waals surface area (Å²) >= 11 is 0. The molecule has 2 N–H and O–H groups in total. The number of ketones is 2. The highest BCUT2D eigenvalue weighted by molar-refractivity contribution is 6.11. The highest BCUT2D eigenvalue weighted by atomic mass is 16.6. The molecule has 0 amide bonds. The summed E-state index contributed by atoms with van der Waals surface area (Å²) in [6.45, 7) is 8.07. The number of ether oxygens (including phenoxy) is 4. The van der Waals surface area contributed by atoms with Gasteiger partial charge in [0.15, 0.2) is 34.6 Å². The van der Waals surface area contributed by atoms with Crippen molar-refractivity contribution in [3.05, 3.63) is 178 Å². The SMILES string of the molecule is COc1cc(/C=C/C(=O)CC(=O)/C=C/c2ccc(OC(=O)c3ccccc3Nc3cccc(C)c3C)c(OC)c2)ccc1OC(=O)c1ccccc1Nc1cccc(C)c1C. The zero-order valence-electron chi connectivity index (χ0n) is 34.8. The number of para-hydroxylation sites is 2. The van der Waals surface area contributed by atoms with E-state index in [9.17, 15) is 19.2 Å². The standard InChI is InChI=1S/C51H46N2O8/c1-32-13-11-19-42(34(32)3)52-44-17-9-7-15-40(44)50(56)60-46-27-23-36(29-48(46)58-5)21-25-38(54)31-39(55)26-22-37-24-28-47(49(30-37)59-6)61-51(57)41-16-8-10-18-45(41)53-43-20-12-14-33(2)35(43)4/h7-30,52-53H,31H2,1-6H3/b25-21+,26-22+. The number of rotatable bonds is 16. The Labute approximate surface area is 355 Å². The molecule has 0 aliphatic carbocycles. The summed E-state index contributed by atoms with van der Waals surface area (Å²) in [7, 11) is 2.91. The van der Waals surface area contributed by atoms with Gasteiger partial charge in [-0.25, -0.2) is 9.59 Å². The van der Waals surface area contributed by atoms with Crippen molar-refractivity contribution in [2.45, 2.75) is 34.1 Å². The van der Waals surface area contributed by atoms with Gasteiger partial charge < -0.3 is 29.6 Å². The summed E-state index contributed by atoms with van der Waals surface area (Å²) in [5.74, 6) is -1.00. The van der Waals surface area contributed by atoms with Crippen LogP contribution in [0.4, 0.5) is 22.7 Å². The van der Waals surface area contributed by atoms with Crippen LogP contribution in [-0.4, -0.2) is 37.7 Å². The molecule has 6 aromatic rings. The third kappa shape index (κ3) is 10.9. The quantitative estimate of drug-likeness (QED) is 0.0421. The van der Waals surface area contributed by atoms with Crippen LogP contribution in [0.2, 0.25) is 0 Å².